The minimum absolute atomic E-state index is 0.0127. The van der Waals surface area contributed by atoms with Crippen molar-refractivity contribution in [2.24, 2.45) is 34.5 Å². The van der Waals surface area contributed by atoms with Crippen molar-refractivity contribution in [2.75, 3.05) is 13.7 Å². The maximum absolute atomic E-state index is 15.1. The quantitative estimate of drug-likeness (QED) is 0.259. The molecule has 5 aliphatic carbocycles. The lowest BCUT2D eigenvalue weighted by Crippen LogP contribution is -2.52. The number of allylic oxidation sites excluding steroid dienone is 2. The highest BCUT2D eigenvalue weighted by atomic mass is 19.1. The van der Waals surface area contributed by atoms with Crippen LogP contribution in [0.2, 0.25) is 0 Å². The number of halogens is 1. The Bertz CT molecular complexity index is 1340. The molecule has 4 atom stereocenters. The topological polar surface area (TPSA) is 114 Å². The molecule has 0 spiro atoms. The molecular formula is C36H49FN2O6. The van der Waals surface area contributed by atoms with Crippen LogP contribution in [0.4, 0.5) is 4.39 Å². The average molecular weight is 625 g/mol. The van der Waals surface area contributed by atoms with Crippen molar-refractivity contribution >= 4 is 17.8 Å². The summed E-state index contributed by atoms with van der Waals surface area (Å²) < 4.78 is 26.6. The van der Waals surface area contributed by atoms with Gasteiger partial charge in [0.05, 0.1) is 30.1 Å². The van der Waals surface area contributed by atoms with Crippen LogP contribution >= 0.6 is 0 Å². The van der Waals surface area contributed by atoms with E-state index in [0.717, 1.165) is 25.7 Å². The fraction of sp³-hybridized carbons (Fsp3) is 0.694. The number of carbonyl (C=O) groups is 3. The molecule has 3 N–H and O–H groups in total. The summed E-state index contributed by atoms with van der Waals surface area (Å²) >= 11 is 0. The van der Waals surface area contributed by atoms with Crippen LogP contribution in [0, 0.1) is 40.3 Å². The van der Waals surface area contributed by atoms with E-state index < -0.39 is 23.1 Å². The van der Waals surface area contributed by atoms with Gasteiger partial charge >= 0.3 is 5.97 Å². The van der Waals surface area contributed by atoms with Crippen molar-refractivity contribution in [3.63, 3.8) is 0 Å². The molecule has 6 rings (SSSR count). The van der Waals surface area contributed by atoms with Crippen LogP contribution in [-0.2, 0) is 9.59 Å². The van der Waals surface area contributed by atoms with E-state index in [2.05, 4.69) is 23.6 Å². The monoisotopic (exact) mass is 624 g/mol. The molecule has 5 aliphatic rings. The van der Waals surface area contributed by atoms with Crippen molar-refractivity contribution in [3.8, 4) is 11.5 Å². The molecule has 0 radical (unpaired) electrons. The second-order valence-electron chi connectivity index (χ2n) is 15.2. The fourth-order valence-electron chi connectivity index (χ4n) is 8.70. The number of hydrogen-bond donors (Lipinski definition) is 3. The van der Waals surface area contributed by atoms with Gasteiger partial charge in [-0.15, -0.1) is 0 Å². The number of carboxylic acids is 1. The molecule has 45 heavy (non-hydrogen) atoms. The molecule has 0 aromatic heterocycles. The van der Waals surface area contributed by atoms with Crippen LogP contribution in [0.1, 0.15) is 108 Å². The number of aliphatic carboxylic acids is 1. The van der Waals surface area contributed by atoms with Gasteiger partial charge in [-0.3, -0.25) is 14.4 Å². The molecule has 246 valence electrons. The first-order valence-electron chi connectivity index (χ1n) is 17.1. The lowest BCUT2D eigenvalue weighted by atomic mass is 9.70. The van der Waals surface area contributed by atoms with Gasteiger partial charge in [-0.05, 0) is 100 Å². The number of nitrogens with one attached hydrogen (secondary N) is 2. The van der Waals surface area contributed by atoms with Crippen LogP contribution in [0.5, 0.6) is 11.5 Å². The molecule has 9 heteroatoms. The van der Waals surface area contributed by atoms with Gasteiger partial charge in [-0.25, -0.2) is 4.39 Å². The molecule has 0 heterocycles. The number of methoxy groups -OCH3 is 1. The van der Waals surface area contributed by atoms with Crippen molar-refractivity contribution in [3.05, 3.63) is 35.2 Å². The third-order valence-electron chi connectivity index (χ3n) is 11.9. The van der Waals surface area contributed by atoms with E-state index in [1.54, 1.807) is 6.92 Å². The molecule has 1 aromatic carbocycles. The van der Waals surface area contributed by atoms with Gasteiger partial charge in [0.1, 0.15) is 5.75 Å². The Kier molecular flexibility index (Phi) is 8.92. The third kappa shape index (κ3) is 6.46. The SMILES string of the molecule is COc1cc(F)c(OC2CCC(C)(C(=O)O)CC2)cc1C(=O)N[C@@H]1[C@H]2C/C(=C/C3CCCC3)[C@H](C2)[C@@H]1C(=O)NCC1(C)CCC1. The molecule has 2 bridgehead atoms. The van der Waals surface area contributed by atoms with Crippen LogP contribution in [0.15, 0.2) is 23.8 Å². The fourth-order valence-corrected chi connectivity index (χ4v) is 8.70. The highest BCUT2D eigenvalue weighted by Gasteiger charge is 2.54. The first-order valence-corrected chi connectivity index (χ1v) is 17.1. The number of fused-ring (bicyclic) bond motifs is 2. The Morgan fingerprint density at radius 2 is 1.73 bits per heavy atom. The predicted molar refractivity (Wildman–Crippen MR) is 168 cm³/mol. The Morgan fingerprint density at radius 3 is 2.36 bits per heavy atom. The van der Waals surface area contributed by atoms with Gasteiger partial charge in [-0.1, -0.05) is 37.8 Å². The van der Waals surface area contributed by atoms with Crippen LogP contribution < -0.4 is 20.1 Å². The van der Waals surface area contributed by atoms with Crippen molar-refractivity contribution in [1.29, 1.82) is 0 Å². The molecule has 0 aliphatic heterocycles. The summed E-state index contributed by atoms with van der Waals surface area (Å²) in [7, 11) is 1.40. The smallest absolute Gasteiger partial charge is 0.309 e. The lowest BCUT2D eigenvalue weighted by molar-refractivity contribution is -0.150. The van der Waals surface area contributed by atoms with Crippen LogP contribution in [0.3, 0.4) is 0 Å². The summed E-state index contributed by atoms with van der Waals surface area (Å²) in [6.45, 7) is 4.61. The van der Waals surface area contributed by atoms with E-state index in [1.165, 1.54) is 56.9 Å². The minimum Gasteiger partial charge on any atom is -0.496 e. The Hall–Kier alpha value is -3.10. The highest BCUT2D eigenvalue weighted by molar-refractivity contribution is 5.98. The number of amides is 2. The summed E-state index contributed by atoms with van der Waals surface area (Å²) in [5.74, 6) is -1.31. The largest absolute Gasteiger partial charge is 0.496 e. The summed E-state index contributed by atoms with van der Waals surface area (Å²) in [5, 5.41) is 16.0. The molecule has 1 aromatic rings. The van der Waals surface area contributed by atoms with Gasteiger partial charge in [0.25, 0.3) is 5.91 Å². The lowest BCUT2D eigenvalue weighted by Gasteiger charge is -2.39. The predicted octanol–water partition coefficient (Wildman–Crippen LogP) is 6.42. The van der Waals surface area contributed by atoms with E-state index in [0.29, 0.717) is 38.1 Å². The van der Waals surface area contributed by atoms with Gasteiger partial charge in [0.2, 0.25) is 5.91 Å². The number of carbonyl (C=O) groups excluding carboxylic acids is 2. The number of benzene rings is 1. The Balaban J connectivity index is 1.19. The molecule has 5 saturated carbocycles. The van der Waals surface area contributed by atoms with Gasteiger partial charge in [-0.2, -0.15) is 0 Å². The molecule has 5 fully saturated rings. The minimum atomic E-state index is -0.832. The first-order chi connectivity index (χ1) is 21.5. The summed E-state index contributed by atoms with van der Waals surface area (Å²) in [4.78, 5) is 39.4. The Morgan fingerprint density at radius 1 is 1.02 bits per heavy atom. The number of hydrogen-bond acceptors (Lipinski definition) is 5. The van der Waals surface area contributed by atoms with Crippen LogP contribution in [0.25, 0.3) is 0 Å². The summed E-state index contributed by atoms with van der Waals surface area (Å²) in [5.41, 5.74) is 0.880. The van der Waals surface area contributed by atoms with Crippen molar-refractivity contribution in [2.45, 2.75) is 109 Å². The molecule has 2 amide bonds. The molecule has 0 unspecified atom stereocenters. The van der Waals surface area contributed by atoms with Crippen molar-refractivity contribution in [1.82, 2.24) is 10.6 Å². The molecule has 8 nitrogen and oxygen atoms in total. The van der Waals surface area contributed by atoms with Crippen molar-refractivity contribution < 1.29 is 33.4 Å². The van der Waals surface area contributed by atoms with Gasteiger partial charge < -0.3 is 25.2 Å². The molecular weight excluding hydrogens is 575 g/mol. The zero-order valence-electron chi connectivity index (χ0n) is 27.0. The number of rotatable bonds is 10. The normalized spacial score (nSPS) is 33.1. The number of ether oxygens (including phenoxy) is 2. The van der Waals surface area contributed by atoms with Gasteiger partial charge in [0.15, 0.2) is 11.6 Å². The van der Waals surface area contributed by atoms with Crippen LogP contribution in [-0.4, -0.2) is 48.7 Å². The van der Waals surface area contributed by atoms with E-state index in [4.69, 9.17) is 9.47 Å². The highest BCUT2D eigenvalue weighted by Crippen LogP contribution is 2.53. The Labute approximate surface area is 265 Å². The van der Waals surface area contributed by atoms with E-state index >= 15 is 4.39 Å². The third-order valence-corrected chi connectivity index (χ3v) is 11.9. The first kappa shape index (κ1) is 31.9. The van der Waals surface area contributed by atoms with E-state index in [1.807, 2.05) is 0 Å². The maximum atomic E-state index is 15.1. The second kappa shape index (κ2) is 12.6. The number of carboxylic acid groups (broad SMARTS) is 1. The maximum Gasteiger partial charge on any atom is 0.309 e. The summed E-state index contributed by atoms with van der Waals surface area (Å²) in [6, 6.07) is 2.23. The standard InChI is InChI=1S/C36H49FN2O6/c1-35(11-6-12-35)20-38-33(41)30-25-17-23(16-22(25)15-21-7-4-5-8-21)31(30)39-32(40)26-18-29(27(37)19-28(26)44-3)45-24-9-13-36(2,14-10-24)34(42)43/h15,18-19,21,23-25,30-31H,4-14,16-17,20H2,1-3H3,(H,38,41)(H,39,40)(H,42,43)/b22-15-/t23-,24?,25-,30-,31+,36?/m0/s1. The zero-order chi connectivity index (χ0) is 31.9. The van der Waals surface area contributed by atoms with E-state index in [-0.39, 0.29) is 58.3 Å². The van der Waals surface area contributed by atoms with Gasteiger partial charge in [0, 0.05) is 18.7 Å². The summed E-state index contributed by atoms with van der Waals surface area (Å²) in [6.07, 6.45) is 14.1. The second-order valence-corrected chi connectivity index (χ2v) is 15.2. The van der Waals surface area contributed by atoms with E-state index in [9.17, 15) is 19.5 Å². The average Bonchev–Trinajstić information content (AvgIpc) is 3.74. The zero-order valence-corrected chi connectivity index (χ0v) is 27.0. The molecule has 0 saturated heterocycles.